The van der Waals surface area contributed by atoms with E-state index < -0.39 is 0 Å². The molecule has 0 aromatic carbocycles. The molecule has 0 spiro atoms. The molecule has 0 saturated heterocycles. The molecule has 0 radical (unpaired) electrons. The lowest BCUT2D eigenvalue weighted by Crippen LogP contribution is -2.31. The van der Waals surface area contributed by atoms with E-state index in [0.717, 1.165) is 17.9 Å². The summed E-state index contributed by atoms with van der Waals surface area (Å²) < 4.78 is 0. The van der Waals surface area contributed by atoms with E-state index in [1.165, 1.54) is 0 Å². The minimum absolute atomic E-state index is 0.312. The number of ketones is 1. The highest BCUT2D eigenvalue weighted by Gasteiger charge is 2.55. The van der Waals surface area contributed by atoms with Gasteiger partial charge in [0.15, 0.2) is 5.78 Å². The van der Waals surface area contributed by atoms with E-state index in [1.54, 1.807) is 0 Å². The van der Waals surface area contributed by atoms with Gasteiger partial charge in [-0.3, -0.25) is 4.79 Å². The van der Waals surface area contributed by atoms with Crippen LogP contribution < -0.4 is 0 Å². The van der Waals surface area contributed by atoms with Crippen molar-refractivity contribution in [3.8, 4) is 0 Å². The van der Waals surface area contributed by atoms with Crippen molar-refractivity contribution in [3.05, 3.63) is 23.8 Å². The fourth-order valence-electron chi connectivity index (χ4n) is 4.32. The van der Waals surface area contributed by atoms with Crippen molar-refractivity contribution in [3.63, 3.8) is 0 Å². The summed E-state index contributed by atoms with van der Waals surface area (Å²) in [7, 11) is 0. The van der Waals surface area contributed by atoms with Crippen LogP contribution in [0.1, 0.15) is 27.2 Å². The summed E-state index contributed by atoms with van der Waals surface area (Å²) in [5.74, 6) is 3.97. The largest absolute Gasteiger partial charge is 0.294 e. The van der Waals surface area contributed by atoms with Crippen LogP contribution >= 0.6 is 0 Å². The molecule has 86 valence electrons. The first-order chi connectivity index (χ1) is 7.61. The Labute approximate surface area is 97.6 Å². The smallest absolute Gasteiger partial charge is 0.162 e. The monoisotopic (exact) mass is 216 g/mol. The van der Waals surface area contributed by atoms with Gasteiger partial charge in [-0.15, -0.1) is 0 Å². The molecule has 0 N–H and O–H groups in total. The maximum absolute atomic E-state index is 12.3. The SMILES string of the molecule is CC1=CCC2C3C=CC(C2C1=O)C3C(C)C. The lowest BCUT2D eigenvalue weighted by atomic mass is 9.73. The molecule has 0 aromatic rings. The summed E-state index contributed by atoms with van der Waals surface area (Å²) in [6.07, 6.45) is 8.00. The third-order valence-electron chi connectivity index (χ3n) is 4.97. The number of carbonyl (C=O) groups excluding carboxylic acids is 1. The van der Waals surface area contributed by atoms with Gasteiger partial charge < -0.3 is 0 Å². The van der Waals surface area contributed by atoms with Gasteiger partial charge in [-0.1, -0.05) is 32.1 Å². The van der Waals surface area contributed by atoms with Crippen LogP contribution in [0.15, 0.2) is 23.8 Å². The molecule has 5 atom stereocenters. The summed E-state index contributed by atoms with van der Waals surface area (Å²) in [6.45, 7) is 6.60. The van der Waals surface area contributed by atoms with Crippen LogP contribution in [0.5, 0.6) is 0 Å². The van der Waals surface area contributed by atoms with Gasteiger partial charge in [-0.05, 0) is 48.5 Å². The van der Waals surface area contributed by atoms with Crippen molar-refractivity contribution in [2.24, 2.45) is 35.5 Å². The molecule has 2 bridgehead atoms. The summed E-state index contributed by atoms with van der Waals surface area (Å²) in [6, 6.07) is 0. The zero-order chi connectivity index (χ0) is 11.4. The molecule has 5 unspecified atom stereocenters. The Hall–Kier alpha value is -0.850. The summed E-state index contributed by atoms with van der Waals surface area (Å²) in [4.78, 5) is 12.3. The van der Waals surface area contributed by atoms with Crippen LogP contribution in [0.2, 0.25) is 0 Å². The predicted octanol–water partition coefficient (Wildman–Crippen LogP) is 3.23. The van der Waals surface area contributed by atoms with Gasteiger partial charge >= 0.3 is 0 Å². The first-order valence-electron chi connectivity index (χ1n) is 6.50. The molecule has 3 rings (SSSR count). The molecule has 0 aliphatic heterocycles. The van der Waals surface area contributed by atoms with Crippen molar-refractivity contribution >= 4 is 5.78 Å². The van der Waals surface area contributed by atoms with E-state index in [9.17, 15) is 4.79 Å². The average Bonchev–Trinajstić information content (AvgIpc) is 2.78. The first kappa shape index (κ1) is 10.3. The molecule has 3 aliphatic rings. The van der Waals surface area contributed by atoms with E-state index in [1.807, 2.05) is 6.92 Å². The molecule has 16 heavy (non-hydrogen) atoms. The Balaban J connectivity index is 1.98. The van der Waals surface area contributed by atoms with E-state index in [-0.39, 0.29) is 0 Å². The number of rotatable bonds is 1. The Morgan fingerprint density at radius 1 is 1.25 bits per heavy atom. The van der Waals surface area contributed by atoms with Crippen molar-refractivity contribution in [2.45, 2.75) is 27.2 Å². The van der Waals surface area contributed by atoms with Crippen LogP contribution in [0.25, 0.3) is 0 Å². The number of fused-ring (bicyclic) bond motifs is 5. The first-order valence-corrected chi connectivity index (χ1v) is 6.50. The van der Waals surface area contributed by atoms with Crippen LogP contribution in [-0.4, -0.2) is 5.78 Å². The minimum atomic E-state index is 0.312. The lowest BCUT2D eigenvalue weighted by molar-refractivity contribution is -0.121. The molecule has 1 saturated carbocycles. The highest BCUT2D eigenvalue weighted by atomic mass is 16.1. The normalized spacial score (nSPS) is 45.1. The second-order valence-corrected chi connectivity index (χ2v) is 6.04. The Morgan fingerprint density at radius 2 is 1.94 bits per heavy atom. The summed E-state index contributed by atoms with van der Waals surface area (Å²) in [5.41, 5.74) is 1.00. The highest BCUT2D eigenvalue weighted by Crippen LogP contribution is 2.57. The van der Waals surface area contributed by atoms with Gasteiger partial charge in [-0.2, -0.15) is 0 Å². The third kappa shape index (κ3) is 1.15. The average molecular weight is 216 g/mol. The maximum Gasteiger partial charge on any atom is 0.162 e. The van der Waals surface area contributed by atoms with Crippen molar-refractivity contribution < 1.29 is 4.79 Å². The van der Waals surface area contributed by atoms with E-state index in [2.05, 4.69) is 32.1 Å². The number of hydrogen-bond donors (Lipinski definition) is 0. The fourth-order valence-corrected chi connectivity index (χ4v) is 4.32. The number of hydrogen-bond acceptors (Lipinski definition) is 1. The van der Waals surface area contributed by atoms with Crippen LogP contribution in [0.4, 0.5) is 0 Å². The van der Waals surface area contributed by atoms with Gasteiger partial charge in [0.2, 0.25) is 0 Å². The molecule has 1 heteroatoms. The standard InChI is InChI=1S/C15H20O/c1-8(2)13-10-6-7-12(13)14-11(10)5-4-9(3)15(14)16/h4,6-8,10-14H,5H2,1-3H3. The zero-order valence-electron chi connectivity index (χ0n) is 10.3. The number of carbonyl (C=O) groups is 1. The van der Waals surface area contributed by atoms with Gasteiger partial charge in [0.05, 0.1) is 0 Å². The van der Waals surface area contributed by atoms with Crippen LogP contribution in [-0.2, 0) is 4.79 Å². The van der Waals surface area contributed by atoms with Crippen molar-refractivity contribution in [1.82, 2.24) is 0 Å². The number of allylic oxidation sites excluding steroid dienone is 4. The molecule has 1 fully saturated rings. The van der Waals surface area contributed by atoms with Gasteiger partial charge in [-0.25, -0.2) is 0 Å². The van der Waals surface area contributed by atoms with Crippen LogP contribution in [0.3, 0.4) is 0 Å². The second-order valence-electron chi connectivity index (χ2n) is 6.04. The van der Waals surface area contributed by atoms with Crippen LogP contribution in [0, 0.1) is 35.5 Å². The van der Waals surface area contributed by atoms with Crippen molar-refractivity contribution in [2.75, 3.05) is 0 Å². The molecular weight excluding hydrogens is 196 g/mol. The molecule has 1 nitrogen and oxygen atoms in total. The van der Waals surface area contributed by atoms with Gasteiger partial charge in [0.25, 0.3) is 0 Å². The Kier molecular flexibility index (Phi) is 2.14. The quantitative estimate of drug-likeness (QED) is 0.615. The van der Waals surface area contributed by atoms with Gasteiger partial charge in [0, 0.05) is 5.92 Å². The summed E-state index contributed by atoms with van der Waals surface area (Å²) in [5, 5.41) is 0. The Morgan fingerprint density at radius 3 is 2.62 bits per heavy atom. The highest BCUT2D eigenvalue weighted by molar-refractivity contribution is 5.98. The maximum atomic E-state index is 12.3. The third-order valence-corrected chi connectivity index (χ3v) is 4.97. The molecule has 0 aromatic heterocycles. The van der Waals surface area contributed by atoms with Crippen molar-refractivity contribution in [1.29, 1.82) is 0 Å². The summed E-state index contributed by atoms with van der Waals surface area (Å²) >= 11 is 0. The minimum Gasteiger partial charge on any atom is -0.294 e. The predicted molar refractivity (Wildman–Crippen MR) is 64.8 cm³/mol. The van der Waals surface area contributed by atoms with E-state index in [4.69, 9.17) is 0 Å². The molecular formula is C15H20O. The Bertz CT molecular complexity index is 388. The van der Waals surface area contributed by atoms with E-state index >= 15 is 0 Å². The fraction of sp³-hybridized carbons (Fsp3) is 0.667. The van der Waals surface area contributed by atoms with Gasteiger partial charge in [0.1, 0.15) is 0 Å². The number of Topliss-reactive ketones (excluding diaryl/α,β-unsaturated/α-hetero) is 1. The molecule has 3 aliphatic carbocycles. The zero-order valence-corrected chi connectivity index (χ0v) is 10.3. The topological polar surface area (TPSA) is 17.1 Å². The lowest BCUT2D eigenvalue weighted by Gasteiger charge is -2.29. The second kappa shape index (κ2) is 3.32. The van der Waals surface area contributed by atoms with E-state index in [0.29, 0.717) is 35.4 Å². The molecule has 0 heterocycles. The molecule has 0 amide bonds.